The Balaban J connectivity index is 1.39. The molecular weight excluding hydrogens is 546 g/mol. The van der Waals surface area contributed by atoms with Gasteiger partial charge in [-0.2, -0.15) is 23.1 Å². The molecule has 0 saturated carbocycles. The van der Waals surface area contributed by atoms with Gasteiger partial charge in [0.25, 0.3) is 5.91 Å². The molecular formula is C27H33F4N7O3. The number of hydrogen-bond acceptors (Lipinski definition) is 9. The molecule has 0 unspecified atom stereocenters. The molecule has 4 aliphatic heterocycles. The van der Waals surface area contributed by atoms with Gasteiger partial charge in [0.2, 0.25) is 0 Å². The lowest BCUT2D eigenvalue weighted by Crippen LogP contribution is -2.43. The van der Waals surface area contributed by atoms with E-state index in [0.29, 0.717) is 25.9 Å². The van der Waals surface area contributed by atoms with E-state index in [1.807, 2.05) is 0 Å². The van der Waals surface area contributed by atoms with Crippen LogP contribution in [0.4, 0.5) is 35.0 Å². The second-order valence-electron chi connectivity index (χ2n) is 11.6. The SMILES string of the molecule is Cc1cc(N)nc(N2Cc3nc(OC[C@@]45CCCN4C[C@H](F)C5)nc(N4CCCC[C@@H](O)C4)c3C2=O)c1C(F)(F)F. The number of nitrogens with zero attached hydrogens (tertiary/aromatic N) is 6. The first-order chi connectivity index (χ1) is 19.4. The van der Waals surface area contributed by atoms with Crippen molar-refractivity contribution in [3.05, 3.63) is 28.5 Å². The first kappa shape index (κ1) is 27.9. The lowest BCUT2D eigenvalue weighted by atomic mass is 9.95. The molecule has 0 spiro atoms. The van der Waals surface area contributed by atoms with Crippen molar-refractivity contribution >= 4 is 23.4 Å². The van der Waals surface area contributed by atoms with E-state index < -0.39 is 41.3 Å². The maximum Gasteiger partial charge on any atom is 0.420 e. The van der Waals surface area contributed by atoms with Crippen molar-refractivity contribution in [2.75, 3.05) is 48.3 Å². The number of aliphatic hydroxyl groups is 1. The van der Waals surface area contributed by atoms with Crippen molar-refractivity contribution in [3.63, 3.8) is 0 Å². The van der Waals surface area contributed by atoms with Gasteiger partial charge >= 0.3 is 12.2 Å². The fourth-order valence-electron chi connectivity index (χ4n) is 6.81. The van der Waals surface area contributed by atoms with Crippen molar-refractivity contribution in [2.24, 2.45) is 0 Å². The van der Waals surface area contributed by atoms with Gasteiger partial charge in [-0.3, -0.25) is 14.6 Å². The Morgan fingerprint density at radius 3 is 2.73 bits per heavy atom. The summed E-state index contributed by atoms with van der Waals surface area (Å²) in [5.74, 6) is -1.28. The number of alkyl halides is 4. The zero-order valence-electron chi connectivity index (χ0n) is 22.8. The van der Waals surface area contributed by atoms with E-state index in [4.69, 9.17) is 10.5 Å². The van der Waals surface area contributed by atoms with Crippen molar-refractivity contribution in [3.8, 4) is 6.01 Å². The second-order valence-corrected chi connectivity index (χ2v) is 11.6. The smallest absolute Gasteiger partial charge is 0.420 e. The Hall–Kier alpha value is -3.26. The van der Waals surface area contributed by atoms with Gasteiger partial charge in [0.15, 0.2) is 5.82 Å². The molecule has 4 aliphatic rings. The molecule has 0 aliphatic carbocycles. The van der Waals surface area contributed by atoms with E-state index in [9.17, 15) is 27.5 Å². The van der Waals surface area contributed by atoms with Crippen LogP contribution in [0.15, 0.2) is 6.07 Å². The first-order valence-corrected chi connectivity index (χ1v) is 14.0. The Kier molecular flexibility index (Phi) is 6.96. The summed E-state index contributed by atoms with van der Waals surface area (Å²) in [6, 6.07) is 1.08. The van der Waals surface area contributed by atoms with E-state index in [2.05, 4.69) is 19.9 Å². The molecule has 1 amide bonds. The Morgan fingerprint density at radius 2 is 1.95 bits per heavy atom. The lowest BCUT2D eigenvalue weighted by molar-refractivity contribution is -0.137. The molecule has 0 aromatic carbocycles. The minimum absolute atomic E-state index is 0.0385. The zero-order chi connectivity index (χ0) is 29.1. The maximum absolute atomic E-state index is 14.3. The molecule has 222 valence electrons. The van der Waals surface area contributed by atoms with Gasteiger partial charge in [-0.25, -0.2) is 9.37 Å². The summed E-state index contributed by atoms with van der Waals surface area (Å²) in [7, 11) is 0. The number of anilines is 3. The minimum atomic E-state index is -4.78. The first-order valence-electron chi connectivity index (χ1n) is 14.0. The van der Waals surface area contributed by atoms with Gasteiger partial charge in [0.1, 0.15) is 35.5 Å². The highest BCUT2D eigenvalue weighted by atomic mass is 19.4. The normalized spacial score (nSPS) is 26.8. The van der Waals surface area contributed by atoms with Crippen LogP contribution < -0.4 is 20.3 Å². The van der Waals surface area contributed by atoms with Gasteiger partial charge in [-0.1, -0.05) is 0 Å². The molecule has 10 nitrogen and oxygen atoms in total. The van der Waals surface area contributed by atoms with Crippen LogP contribution in [0, 0.1) is 6.92 Å². The average Bonchev–Trinajstić information content (AvgIpc) is 3.46. The maximum atomic E-state index is 14.3. The van der Waals surface area contributed by atoms with Crippen LogP contribution in [0.1, 0.15) is 65.7 Å². The highest BCUT2D eigenvalue weighted by molar-refractivity contribution is 6.12. The molecule has 3 saturated heterocycles. The highest BCUT2D eigenvalue weighted by Crippen LogP contribution is 2.43. The van der Waals surface area contributed by atoms with Crippen LogP contribution in [0.25, 0.3) is 0 Å². The van der Waals surface area contributed by atoms with Crippen LogP contribution in [0.5, 0.6) is 6.01 Å². The summed E-state index contributed by atoms with van der Waals surface area (Å²) in [5, 5.41) is 10.5. The summed E-state index contributed by atoms with van der Waals surface area (Å²) in [6.45, 7) is 2.94. The van der Waals surface area contributed by atoms with Crippen LogP contribution in [0.2, 0.25) is 0 Å². The molecule has 41 heavy (non-hydrogen) atoms. The number of carbonyl (C=O) groups excluding carboxylic acids is 1. The third kappa shape index (κ3) is 5.05. The third-order valence-electron chi connectivity index (χ3n) is 8.64. The predicted molar refractivity (Wildman–Crippen MR) is 142 cm³/mol. The van der Waals surface area contributed by atoms with E-state index in [-0.39, 0.29) is 54.2 Å². The largest absolute Gasteiger partial charge is 0.461 e. The molecule has 0 radical (unpaired) electrons. The van der Waals surface area contributed by atoms with Crippen LogP contribution >= 0.6 is 0 Å². The Labute approximate surface area is 234 Å². The van der Waals surface area contributed by atoms with Gasteiger partial charge in [0.05, 0.1) is 23.9 Å². The molecule has 3 atom stereocenters. The van der Waals surface area contributed by atoms with Crippen molar-refractivity contribution in [2.45, 2.75) is 76.0 Å². The number of pyridine rings is 1. The van der Waals surface area contributed by atoms with Gasteiger partial charge in [0, 0.05) is 26.1 Å². The Morgan fingerprint density at radius 1 is 1.15 bits per heavy atom. The molecule has 14 heteroatoms. The highest BCUT2D eigenvalue weighted by Gasteiger charge is 2.50. The van der Waals surface area contributed by atoms with E-state index in [1.54, 1.807) is 4.90 Å². The number of hydrogen-bond donors (Lipinski definition) is 2. The van der Waals surface area contributed by atoms with Crippen molar-refractivity contribution < 1.29 is 32.2 Å². The number of β-amino-alcohol motifs (C(OH)–C–C–N with tert-alkyl or cyclic N) is 1. The van der Waals surface area contributed by atoms with E-state index in [1.165, 1.54) is 6.92 Å². The molecule has 6 heterocycles. The predicted octanol–water partition coefficient (Wildman–Crippen LogP) is 3.25. The number of fused-ring (bicyclic) bond motifs is 2. The van der Waals surface area contributed by atoms with E-state index >= 15 is 0 Å². The number of halogens is 4. The molecule has 0 bridgehead atoms. The fraction of sp³-hybridized carbons (Fsp3) is 0.630. The molecule has 3 N–H and O–H groups in total. The zero-order valence-corrected chi connectivity index (χ0v) is 22.8. The number of aryl methyl sites for hydroxylation is 1. The molecule has 3 fully saturated rings. The number of aromatic nitrogens is 3. The van der Waals surface area contributed by atoms with Gasteiger partial charge in [-0.15, -0.1) is 0 Å². The number of rotatable bonds is 5. The van der Waals surface area contributed by atoms with Crippen molar-refractivity contribution in [1.82, 2.24) is 19.9 Å². The minimum Gasteiger partial charge on any atom is -0.461 e. The number of nitrogens with two attached hydrogens (primary N) is 1. The number of carbonyl (C=O) groups is 1. The summed E-state index contributed by atoms with van der Waals surface area (Å²) in [5.41, 5.74) is 4.39. The van der Waals surface area contributed by atoms with Crippen LogP contribution in [0.3, 0.4) is 0 Å². The standard InChI is InChI=1S/C27H33F4N7O3/c1-15-9-19(32)34-23(21(15)27(29,30)31)38-13-18-20(24(38)40)22(36-7-3-2-5-17(39)12-36)35-25(33-18)41-14-26-6-4-8-37(26)11-16(28)10-26/h9,16-17,39H,2-8,10-14H2,1H3,(H2,32,34)/t16-,17-,26+/m1/s1. The van der Waals surface area contributed by atoms with E-state index in [0.717, 1.165) is 43.2 Å². The lowest BCUT2D eigenvalue weighted by Gasteiger charge is -2.31. The molecule has 2 aromatic rings. The fourth-order valence-corrected chi connectivity index (χ4v) is 6.81. The topological polar surface area (TPSA) is 121 Å². The molecule has 6 rings (SSSR count). The van der Waals surface area contributed by atoms with Gasteiger partial charge < -0.3 is 20.5 Å². The number of amides is 1. The Bertz CT molecular complexity index is 1360. The monoisotopic (exact) mass is 579 g/mol. The number of nitrogen functional groups attached to an aromatic ring is 1. The van der Waals surface area contributed by atoms with Crippen LogP contribution in [-0.2, 0) is 12.7 Å². The summed E-state index contributed by atoms with van der Waals surface area (Å²) in [6.07, 6.45) is -2.26. The third-order valence-corrected chi connectivity index (χ3v) is 8.64. The van der Waals surface area contributed by atoms with Crippen molar-refractivity contribution in [1.29, 1.82) is 0 Å². The second kappa shape index (κ2) is 10.2. The quantitative estimate of drug-likeness (QED) is 0.515. The van der Waals surface area contributed by atoms with Crippen LogP contribution in [-0.4, -0.2) is 81.5 Å². The average molecular weight is 580 g/mol. The number of aliphatic hydroxyl groups excluding tert-OH is 1. The molecule has 2 aromatic heterocycles. The summed E-state index contributed by atoms with van der Waals surface area (Å²) >= 11 is 0. The number of ether oxygens (including phenoxy) is 1. The summed E-state index contributed by atoms with van der Waals surface area (Å²) in [4.78, 5) is 31.6. The summed E-state index contributed by atoms with van der Waals surface area (Å²) < 4.78 is 62.8. The van der Waals surface area contributed by atoms with Gasteiger partial charge in [-0.05, 0) is 57.2 Å².